The Morgan fingerprint density at radius 2 is 1.73 bits per heavy atom. The van der Waals surface area contributed by atoms with Crippen LogP contribution in [0.4, 0.5) is 15.8 Å². The van der Waals surface area contributed by atoms with Crippen molar-refractivity contribution in [2.45, 2.75) is 18.2 Å². The second-order valence-corrected chi connectivity index (χ2v) is 7.25. The highest BCUT2D eigenvalue weighted by molar-refractivity contribution is 7.92. The molecule has 0 bridgehead atoms. The van der Waals surface area contributed by atoms with Crippen LogP contribution in [0.1, 0.15) is 13.3 Å². The largest absolute Gasteiger partial charge is 0.421 e. The lowest BCUT2D eigenvalue weighted by molar-refractivity contribution is 0.560. The number of hydrogen-bond acceptors (Lipinski definition) is 5. The molecular weight excluding hydrogens is 359 g/mol. The summed E-state index contributed by atoms with van der Waals surface area (Å²) in [6.45, 7) is 2.45. The number of halogens is 1. The van der Waals surface area contributed by atoms with E-state index in [4.69, 9.17) is 4.42 Å². The number of fused-ring (bicyclic) bond motifs is 1. The SMILES string of the molecule is CCCNc1c(NS(=O)(=O)c2ccccc2F)c(=O)oc2ccccc12. The molecule has 6 nitrogen and oxygen atoms in total. The molecule has 2 aromatic carbocycles. The summed E-state index contributed by atoms with van der Waals surface area (Å²) in [4.78, 5) is 11.8. The highest BCUT2D eigenvalue weighted by Gasteiger charge is 2.23. The van der Waals surface area contributed by atoms with Crippen molar-refractivity contribution < 1.29 is 17.2 Å². The first-order chi connectivity index (χ1) is 12.4. The third-order valence-corrected chi connectivity index (χ3v) is 5.11. The van der Waals surface area contributed by atoms with Crippen molar-refractivity contribution in [3.8, 4) is 0 Å². The van der Waals surface area contributed by atoms with Gasteiger partial charge in [-0.15, -0.1) is 0 Å². The molecule has 0 aliphatic rings. The molecule has 0 spiro atoms. The van der Waals surface area contributed by atoms with Crippen LogP contribution < -0.4 is 15.7 Å². The van der Waals surface area contributed by atoms with Gasteiger partial charge < -0.3 is 9.73 Å². The minimum absolute atomic E-state index is 0.277. The maximum absolute atomic E-state index is 13.9. The summed E-state index contributed by atoms with van der Waals surface area (Å²) < 4.78 is 46.4. The maximum atomic E-state index is 13.9. The van der Waals surface area contributed by atoms with Gasteiger partial charge in [-0.1, -0.05) is 31.2 Å². The minimum atomic E-state index is -4.31. The Labute approximate surface area is 149 Å². The summed E-state index contributed by atoms with van der Waals surface area (Å²) in [5, 5.41) is 3.60. The molecule has 0 aliphatic carbocycles. The molecule has 136 valence electrons. The normalized spacial score (nSPS) is 11.5. The third kappa shape index (κ3) is 3.41. The monoisotopic (exact) mass is 376 g/mol. The lowest BCUT2D eigenvalue weighted by Crippen LogP contribution is -2.21. The molecule has 1 heterocycles. The number of rotatable bonds is 6. The molecule has 8 heteroatoms. The van der Waals surface area contributed by atoms with Crippen LogP contribution in [0, 0.1) is 5.82 Å². The van der Waals surface area contributed by atoms with E-state index >= 15 is 0 Å². The van der Waals surface area contributed by atoms with Crippen LogP contribution in [0.2, 0.25) is 0 Å². The lowest BCUT2D eigenvalue weighted by Gasteiger charge is -2.15. The number of anilines is 2. The number of sulfonamides is 1. The van der Waals surface area contributed by atoms with Gasteiger partial charge in [0.25, 0.3) is 10.0 Å². The third-order valence-electron chi connectivity index (χ3n) is 3.73. The zero-order valence-electron chi connectivity index (χ0n) is 14.0. The van der Waals surface area contributed by atoms with Gasteiger partial charge in [-0.2, -0.15) is 0 Å². The summed E-state index contributed by atoms with van der Waals surface area (Å²) in [7, 11) is -4.31. The molecule has 0 atom stereocenters. The fraction of sp³-hybridized carbons (Fsp3) is 0.167. The Kier molecular flexibility index (Phi) is 4.94. The van der Waals surface area contributed by atoms with Crippen molar-refractivity contribution in [1.29, 1.82) is 0 Å². The highest BCUT2D eigenvalue weighted by Crippen LogP contribution is 2.30. The number of para-hydroxylation sites is 1. The highest BCUT2D eigenvalue weighted by atomic mass is 32.2. The molecule has 3 rings (SSSR count). The van der Waals surface area contributed by atoms with E-state index in [2.05, 4.69) is 10.0 Å². The molecule has 0 fully saturated rings. The van der Waals surface area contributed by atoms with E-state index in [0.29, 0.717) is 23.2 Å². The smallest absolute Gasteiger partial charge is 0.363 e. The quantitative estimate of drug-likeness (QED) is 0.642. The molecule has 2 N–H and O–H groups in total. The zero-order chi connectivity index (χ0) is 18.7. The van der Waals surface area contributed by atoms with Gasteiger partial charge in [0, 0.05) is 11.9 Å². The van der Waals surface area contributed by atoms with Crippen LogP contribution in [-0.2, 0) is 10.0 Å². The topological polar surface area (TPSA) is 88.4 Å². The van der Waals surface area contributed by atoms with Crippen molar-refractivity contribution in [2.24, 2.45) is 0 Å². The molecule has 26 heavy (non-hydrogen) atoms. The molecule has 0 radical (unpaired) electrons. The fourth-order valence-corrected chi connectivity index (χ4v) is 3.67. The number of nitrogens with one attached hydrogen (secondary N) is 2. The Morgan fingerprint density at radius 3 is 2.46 bits per heavy atom. The number of benzene rings is 2. The molecule has 3 aromatic rings. The Hall–Kier alpha value is -2.87. The average Bonchev–Trinajstić information content (AvgIpc) is 2.61. The van der Waals surface area contributed by atoms with Crippen LogP contribution >= 0.6 is 0 Å². The summed E-state index contributed by atoms with van der Waals surface area (Å²) in [5.74, 6) is -0.909. The summed E-state index contributed by atoms with van der Waals surface area (Å²) in [6.07, 6.45) is 0.758. The Balaban J connectivity index is 2.17. The second kappa shape index (κ2) is 7.17. The molecule has 0 saturated carbocycles. The van der Waals surface area contributed by atoms with Gasteiger partial charge in [-0.3, -0.25) is 4.72 Å². The molecule has 0 unspecified atom stereocenters. The van der Waals surface area contributed by atoms with E-state index in [9.17, 15) is 17.6 Å². The van der Waals surface area contributed by atoms with Crippen LogP contribution in [0.15, 0.2) is 62.6 Å². The molecule has 0 aliphatic heterocycles. The van der Waals surface area contributed by atoms with Crippen molar-refractivity contribution >= 4 is 32.4 Å². The van der Waals surface area contributed by atoms with Crippen molar-refractivity contribution in [2.75, 3.05) is 16.6 Å². The van der Waals surface area contributed by atoms with E-state index in [1.165, 1.54) is 12.1 Å². The summed E-state index contributed by atoms with van der Waals surface area (Å²) in [5.41, 5.74) is -0.508. The maximum Gasteiger partial charge on any atom is 0.363 e. The van der Waals surface area contributed by atoms with E-state index in [-0.39, 0.29) is 5.69 Å². The number of hydrogen-bond donors (Lipinski definition) is 2. The van der Waals surface area contributed by atoms with Gasteiger partial charge in [0.2, 0.25) is 0 Å². The van der Waals surface area contributed by atoms with E-state index in [1.54, 1.807) is 24.3 Å². The summed E-state index contributed by atoms with van der Waals surface area (Å²) in [6, 6.07) is 11.7. The first-order valence-corrected chi connectivity index (χ1v) is 9.49. The predicted molar refractivity (Wildman–Crippen MR) is 98.5 cm³/mol. The standard InChI is InChI=1S/C18H17FN2O4S/c1-2-11-20-16-12-7-3-5-9-14(12)25-18(22)17(16)21-26(23,24)15-10-6-4-8-13(15)19/h3-10,20-21H,2,11H2,1H3. The van der Waals surface area contributed by atoms with E-state index in [0.717, 1.165) is 18.6 Å². The van der Waals surface area contributed by atoms with Gasteiger partial charge in [0.05, 0.1) is 5.69 Å². The van der Waals surface area contributed by atoms with Gasteiger partial charge >= 0.3 is 5.63 Å². The van der Waals surface area contributed by atoms with Crippen LogP contribution in [0.3, 0.4) is 0 Å². The Bertz CT molecular complexity index is 1110. The van der Waals surface area contributed by atoms with Crippen LogP contribution in [0.5, 0.6) is 0 Å². The molecule has 0 amide bonds. The van der Waals surface area contributed by atoms with Gasteiger partial charge in [0.1, 0.15) is 16.3 Å². The van der Waals surface area contributed by atoms with E-state index < -0.39 is 26.4 Å². The van der Waals surface area contributed by atoms with Gasteiger partial charge in [-0.05, 0) is 30.7 Å². The molecule has 1 aromatic heterocycles. The van der Waals surface area contributed by atoms with Gasteiger partial charge in [-0.25, -0.2) is 17.6 Å². The van der Waals surface area contributed by atoms with Crippen molar-refractivity contribution in [1.82, 2.24) is 0 Å². The zero-order valence-corrected chi connectivity index (χ0v) is 14.8. The second-order valence-electron chi connectivity index (χ2n) is 5.60. The molecular formula is C18H17FN2O4S. The van der Waals surface area contributed by atoms with Crippen molar-refractivity contribution in [3.63, 3.8) is 0 Å². The fourth-order valence-electron chi connectivity index (χ4n) is 2.53. The van der Waals surface area contributed by atoms with Crippen LogP contribution in [-0.4, -0.2) is 15.0 Å². The minimum Gasteiger partial charge on any atom is -0.421 e. The Morgan fingerprint density at radius 1 is 1.04 bits per heavy atom. The first kappa shape index (κ1) is 17.9. The average molecular weight is 376 g/mol. The van der Waals surface area contributed by atoms with Crippen molar-refractivity contribution in [3.05, 3.63) is 64.8 Å². The van der Waals surface area contributed by atoms with Gasteiger partial charge in [0.15, 0.2) is 5.69 Å². The lowest BCUT2D eigenvalue weighted by atomic mass is 10.2. The molecule has 0 saturated heterocycles. The van der Waals surface area contributed by atoms with E-state index in [1.807, 2.05) is 6.92 Å². The van der Waals surface area contributed by atoms with Crippen LogP contribution in [0.25, 0.3) is 11.0 Å². The predicted octanol–water partition coefficient (Wildman–Crippen LogP) is 3.55. The first-order valence-electron chi connectivity index (χ1n) is 8.01. The summed E-state index contributed by atoms with van der Waals surface area (Å²) >= 11 is 0.